The van der Waals surface area contributed by atoms with Gasteiger partial charge >= 0.3 is 0 Å². The van der Waals surface area contributed by atoms with Crippen molar-refractivity contribution in [1.82, 2.24) is 0 Å². The SMILES string of the molecule is CCS(=O)(=O)CCCC(=O)C1CCOC1C. The zero-order valence-electron chi connectivity index (χ0n) is 9.94. The first-order chi connectivity index (χ1) is 7.46. The summed E-state index contributed by atoms with van der Waals surface area (Å²) in [7, 11) is -2.94. The summed E-state index contributed by atoms with van der Waals surface area (Å²) in [5.41, 5.74) is 0. The predicted molar refractivity (Wildman–Crippen MR) is 62.1 cm³/mol. The second-order valence-corrected chi connectivity index (χ2v) is 6.75. The monoisotopic (exact) mass is 248 g/mol. The van der Waals surface area contributed by atoms with Crippen LogP contribution in [0.2, 0.25) is 0 Å². The Hall–Kier alpha value is -0.420. The molecule has 5 heteroatoms. The Morgan fingerprint density at radius 1 is 1.44 bits per heavy atom. The molecule has 1 aliphatic rings. The molecule has 0 spiro atoms. The Kier molecular flexibility index (Phi) is 4.92. The summed E-state index contributed by atoms with van der Waals surface area (Å²) in [5, 5.41) is 0. The Bertz CT molecular complexity index is 334. The lowest BCUT2D eigenvalue weighted by Crippen LogP contribution is -2.22. The van der Waals surface area contributed by atoms with Crippen LogP contribution in [0.3, 0.4) is 0 Å². The number of Topliss-reactive ketones (excluding diaryl/α,β-unsaturated/α-hetero) is 1. The topological polar surface area (TPSA) is 60.4 Å². The second kappa shape index (κ2) is 5.77. The quantitative estimate of drug-likeness (QED) is 0.708. The molecular formula is C11H20O4S. The summed E-state index contributed by atoms with van der Waals surface area (Å²) < 4.78 is 27.8. The van der Waals surface area contributed by atoms with E-state index in [9.17, 15) is 13.2 Å². The number of ketones is 1. The van der Waals surface area contributed by atoms with E-state index >= 15 is 0 Å². The van der Waals surface area contributed by atoms with Crippen LogP contribution in [0.4, 0.5) is 0 Å². The predicted octanol–water partition coefficient (Wildman–Crippen LogP) is 1.20. The molecule has 0 aliphatic carbocycles. The van der Waals surface area contributed by atoms with Gasteiger partial charge in [0, 0.05) is 24.7 Å². The van der Waals surface area contributed by atoms with E-state index in [1.165, 1.54) is 0 Å². The van der Waals surface area contributed by atoms with Crippen molar-refractivity contribution in [3.8, 4) is 0 Å². The van der Waals surface area contributed by atoms with Crippen LogP contribution >= 0.6 is 0 Å². The van der Waals surface area contributed by atoms with E-state index in [2.05, 4.69) is 0 Å². The largest absolute Gasteiger partial charge is 0.378 e. The van der Waals surface area contributed by atoms with Crippen molar-refractivity contribution in [3.63, 3.8) is 0 Å². The maximum atomic E-state index is 11.8. The number of hydrogen-bond acceptors (Lipinski definition) is 4. The van der Waals surface area contributed by atoms with E-state index in [1.807, 2.05) is 6.92 Å². The number of carbonyl (C=O) groups is 1. The summed E-state index contributed by atoms with van der Waals surface area (Å²) in [6, 6.07) is 0. The highest BCUT2D eigenvalue weighted by molar-refractivity contribution is 7.91. The highest BCUT2D eigenvalue weighted by Crippen LogP contribution is 2.23. The van der Waals surface area contributed by atoms with Crippen molar-refractivity contribution in [2.45, 2.75) is 39.2 Å². The van der Waals surface area contributed by atoms with Gasteiger partial charge in [-0.2, -0.15) is 0 Å². The zero-order valence-corrected chi connectivity index (χ0v) is 10.8. The van der Waals surface area contributed by atoms with Gasteiger partial charge in [-0.15, -0.1) is 0 Å². The lowest BCUT2D eigenvalue weighted by atomic mass is 9.95. The van der Waals surface area contributed by atoms with Crippen molar-refractivity contribution in [2.75, 3.05) is 18.1 Å². The average molecular weight is 248 g/mol. The molecular weight excluding hydrogens is 228 g/mol. The minimum atomic E-state index is -2.94. The van der Waals surface area contributed by atoms with Crippen LogP contribution in [-0.4, -0.2) is 38.4 Å². The molecule has 94 valence electrons. The molecule has 0 amide bonds. The molecule has 0 aromatic rings. The Morgan fingerprint density at radius 3 is 2.62 bits per heavy atom. The molecule has 4 nitrogen and oxygen atoms in total. The third-order valence-electron chi connectivity index (χ3n) is 3.11. The Labute approximate surface area is 97.3 Å². The van der Waals surface area contributed by atoms with Crippen LogP contribution < -0.4 is 0 Å². The third kappa shape index (κ3) is 3.87. The number of carbonyl (C=O) groups excluding carboxylic acids is 1. The van der Waals surface area contributed by atoms with Gasteiger partial charge in [-0.25, -0.2) is 8.42 Å². The van der Waals surface area contributed by atoms with E-state index in [4.69, 9.17) is 4.74 Å². The van der Waals surface area contributed by atoms with Gasteiger partial charge in [-0.05, 0) is 19.8 Å². The fourth-order valence-electron chi connectivity index (χ4n) is 1.95. The number of ether oxygens (including phenoxy) is 1. The van der Waals surface area contributed by atoms with Gasteiger partial charge in [0.1, 0.15) is 15.6 Å². The number of hydrogen-bond donors (Lipinski definition) is 0. The molecule has 16 heavy (non-hydrogen) atoms. The molecule has 0 saturated carbocycles. The number of sulfone groups is 1. The van der Waals surface area contributed by atoms with Crippen LogP contribution in [-0.2, 0) is 19.4 Å². The second-order valence-electron chi connectivity index (χ2n) is 4.28. The lowest BCUT2D eigenvalue weighted by molar-refractivity contribution is -0.124. The highest BCUT2D eigenvalue weighted by Gasteiger charge is 2.30. The lowest BCUT2D eigenvalue weighted by Gasteiger charge is -2.12. The molecule has 1 aliphatic heterocycles. The standard InChI is InChI=1S/C11H20O4S/c1-3-16(13,14)8-4-5-11(12)10-6-7-15-9(10)2/h9-10H,3-8H2,1-2H3. The van der Waals surface area contributed by atoms with Gasteiger partial charge in [-0.1, -0.05) is 6.92 Å². The average Bonchev–Trinajstić information content (AvgIpc) is 2.64. The first kappa shape index (κ1) is 13.6. The van der Waals surface area contributed by atoms with E-state index < -0.39 is 9.84 Å². The van der Waals surface area contributed by atoms with Gasteiger partial charge in [-0.3, -0.25) is 4.79 Å². The van der Waals surface area contributed by atoms with Crippen molar-refractivity contribution < 1.29 is 17.9 Å². The molecule has 2 atom stereocenters. The summed E-state index contributed by atoms with van der Waals surface area (Å²) in [6.07, 6.45) is 1.58. The third-order valence-corrected chi connectivity index (χ3v) is 4.90. The van der Waals surface area contributed by atoms with Crippen molar-refractivity contribution in [1.29, 1.82) is 0 Å². The molecule has 1 saturated heterocycles. The van der Waals surface area contributed by atoms with Gasteiger partial charge in [0.15, 0.2) is 0 Å². The molecule has 0 aromatic carbocycles. The molecule has 0 bridgehead atoms. The van der Waals surface area contributed by atoms with Crippen LogP contribution in [0.15, 0.2) is 0 Å². The highest BCUT2D eigenvalue weighted by atomic mass is 32.2. The summed E-state index contributed by atoms with van der Waals surface area (Å²) in [5.74, 6) is 0.405. The summed E-state index contributed by atoms with van der Waals surface area (Å²) in [4.78, 5) is 11.8. The van der Waals surface area contributed by atoms with Crippen molar-refractivity contribution >= 4 is 15.6 Å². The molecule has 1 rings (SSSR count). The van der Waals surface area contributed by atoms with Crippen LogP contribution in [0.5, 0.6) is 0 Å². The molecule has 1 fully saturated rings. The first-order valence-electron chi connectivity index (χ1n) is 5.81. The fourth-order valence-corrected chi connectivity index (χ4v) is 2.82. The maximum Gasteiger partial charge on any atom is 0.150 e. The molecule has 0 radical (unpaired) electrons. The maximum absolute atomic E-state index is 11.8. The van der Waals surface area contributed by atoms with Crippen LogP contribution in [0.1, 0.15) is 33.1 Å². The van der Waals surface area contributed by atoms with Crippen molar-refractivity contribution in [3.05, 3.63) is 0 Å². The molecule has 0 aromatic heterocycles. The molecule has 0 N–H and O–H groups in total. The Morgan fingerprint density at radius 2 is 2.12 bits per heavy atom. The van der Waals surface area contributed by atoms with Gasteiger partial charge < -0.3 is 4.74 Å². The van der Waals surface area contributed by atoms with E-state index in [-0.39, 0.29) is 29.3 Å². The number of rotatable bonds is 6. The normalized spacial score (nSPS) is 25.9. The fraction of sp³-hybridized carbons (Fsp3) is 0.909. The van der Waals surface area contributed by atoms with Crippen LogP contribution in [0, 0.1) is 5.92 Å². The Balaban J connectivity index is 2.30. The van der Waals surface area contributed by atoms with E-state index in [0.29, 0.717) is 19.4 Å². The van der Waals surface area contributed by atoms with E-state index in [1.54, 1.807) is 6.92 Å². The summed E-state index contributed by atoms with van der Waals surface area (Å²) >= 11 is 0. The smallest absolute Gasteiger partial charge is 0.150 e. The van der Waals surface area contributed by atoms with Gasteiger partial charge in [0.25, 0.3) is 0 Å². The van der Waals surface area contributed by atoms with E-state index in [0.717, 1.165) is 6.42 Å². The van der Waals surface area contributed by atoms with Gasteiger partial charge in [0.05, 0.1) is 11.9 Å². The molecule has 2 unspecified atom stereocenters. The minimum absolute atomic E-state index is 0.00437. The minimum Gasteiger partial charge on any atom is -0.378 e. The van der Waals surface area contributed by atoms with Gasteiger partial charge in [0.2, 0.25) is 0 Å². The van der Waals surface area contributed by atoms with Crippen molar-refractivity contribution in [2.24, 2.45) is 5.92 Å². The van der Waals surface area contributed by atoms with Crippen LogP contribution in [0.25, 0.3) is 0 Å². The zero-order chi connectivity index (χ0) is 12.2. The summed E-state index contributed by atoms with van der Waals surface area (Å²) in [6.45, 7) is 4.17. The first-order valence-corrected chi connectivity index (χ1v) is 7.63. The molecule has 1 heterocycles.